The molecule has 0 radical (unpaired) electrons. The van der Waals surface area contributed by atoms with Crippen LogP contribution in [0, 0.1) is 12.8 Å². The molecule has 116 valence electrons. The Morgan fingerprint density at radius 1 is 1.10 bits per heavy atom. The van der Waals surface area contributed by atoms with Gasteiger partial charge in [0.15, 0.2) is 0 Å². The summed E-state index contributed by atoms with van der Waals surface area (Å²) in [5.41, 5.74) is 2.93. The Kier molecular flexibility index (Phi) is 6.40. The van der Waals surface area contributed by atoms with E-state index < -0.39 is 0 Å². The Labute approximate surface area is 127 Å². The van der Waals surface area contributed by atoms with Crippen LogP contribution in [0.25, 0.3) is 0 Å². The topological polar surface area (TPSA) is 58.2 Å². The number of carbonyl (C=O) groups is 2. The van der Waals surface area contributed by atoms with Gasteiger partial charge in [0, 0.05) is 12.2 Å². The Bertz CT molecular complexity index is 508. The van der Waals surface area contributed by atoms with Crippen LogP contribution in [0.15, 0.2) is 18.2 Å². The fraction of sp³-hybridized carbons (Fsp3) is 0.529. The number of aryl methyl sites for hydroxylation is 1. The zero-order valence-electron chi connectivity index (χ0n) is 13.6. The molecule has 0 spiro atoms. The Morgan fingerprint density at radius 3 is 2.33 bits per heavy atom. The van der Waals surface area contributed by atoms with E-state index in [-0.39, 0.29) is 18.2 Å². The first kappa shape index (κ1) is 17.2. The van der Waals surface area contributed by atoms with E-state index in [0.717, 1.165) is 16.8 Å². The molecule has 1 rings (SSSR count). The van der Waals surface area contributed by atoms with E-state index in [1.165, 1.54) is 0 Å². The average molecular weight is 290 g/mol. The van der Waals surface area contributed by atoms with E-state index in [9.17, 15) is 9.59 Å². The van der Waals surface area contributed by atoms with Crippen molar-refractivity contribution in [3.05, 3.63) is 29.3 Å². The van der Waals surface area contributed by atoms with Crippen molar-refractivity contribution in [3.8, 4) is 0 Å². The molecule has 0 aliphatic rings. The third kappa shape index (κ3) is 5.58. The minimum Gasteiger partial charge on any atom is -0.355 e. The highest BCUT2D eigenvalue weighted by atomic mass is 16.2. The van der Waals surface area contributed by atoms with Gasteiger partial charge in [0.25, 0.3) is 0 Å². The molecular formula is C17H26N2O2. The van der Waals surface area contributed by atoms with Gasteiger partial charge in [-0.25, -0.2) is 0 Å². The summed E-state index contributed by atoms with van der Waals surface area (Å²) < 4.78 is 0. The van der Waals surface area contributed by atoms with Crippen LogP contribution in [0.4, 0.5) is 5.69 Å². The number of anilines is 1. The van der Waals surface area contributed by atoms with E-state index in [0.29, 0.717) is 18.4 Å². The van der Waals surface area contributed by atoms with Gasteiger partial charge in [-0.2, -0.15) is 0 Å². The standard InChI is InChI=1S/C17H26N2O2/c1-11(2)10-18-15(20)9-16(21)19-17-13(5)7-6-8-14(17)12(3)4/h6-8,11-12H,9-10H2,1-5H3,(H,18,20)(H,19,21). The maximum atomic E-state index is 12.0. The van der Waals surface area contributed by atoms with E-state index in [1.54, 1.807) is 0 Å². The molecule has 0 aromatic heterocycles. The summed E-state index contributed by atoms with van der Waals surface area (Å²) in [7, 11) is 0. The fourth-order valence-corrected chi connectivity index (χ4v) is 2.05. The molecule has 4 heteroatoms. The van der Waals surface area contributed by atoms with Gasteiger partial charge in [0.05, 0.1) is 0 Å². The maximum Gasteiger partial charge on any atom is 0.233 e. The smallest absolute Gasteiger partial charge is 0.233 e. The van der Waals surface area contributed by atoms with Crippen LogP contribution in [0.5, 0.6) is 0 Å². The lowest BCUT2D eigenvalue weighted by Crippen LogP contribution is -2.31. The first-order chi connectivity index (χ1) is 9.81. The molecule has 0 unspecified atom stereocenters. The molecule has 0 fully saturated rings. The normalized spacial score (nSPS) is 10.8. The highest BCUT2D eigenvalue weighted by Gasteiger charge is 2.14. The summed E-state index contributed by atoms with van der Waals surface area (Å²) in [6, 6.07) is 5.95. The zero-order valence-corrected chi connectivity index (χ0v) is 13.6. The van der Waals surface area contributed by atoms with Crippen molar-refractivity contribution < 1.29 is 9.59 Å². The zero-order chi connectivity index (χ0) is 16.0. The summed E-state index contributed by atoms with van der Waals surface area (Å²) in [6.07, 6.45) is -0.140. The van der Waals surface area contributed by atoms with Crippen molar-refractivity contribution in [2.45, 2.75) is 47.0 Å². The number of amides is 2. The Hall–Kier alpha value is -1.84. The predicted molar refractivity (Wildman–Crippen MR) is 86.4 cm³/mol. The van der Waals surface area contributed by atoms with Crippen LogP contribution in [0.2, 0.25) is 0 Å². The van der Waals surface area contributed by atoms with Crippen LogP contribution in [0.1, 0.15) is 51.2 Å². The Balaban J connectivity index is 2.69. The highest BCUT2D eigenvalue weighted by Crippen LogP contribution is 2.27. The van der Waals surface area contributed by atoms with Crippen LogP contribution in [0.3, 0.4) is 0 Å². The number of para-hydroxylation sites is 1. The highest BCUT2D eigenvalue weighted by molar-refractivity contribution is 6.04. The SMILES string of the molecule is Cc1cccc(C(C)C)c1NC(=O)CC(=O)NCC(C)C. The van der Waals surface area contributed by atoms with Crippen molar-refractivity contribution in [3.63, 3.8) is 0 Å². The first-order valence-electron chi connectivity index (χ1n) is 7.47. The molecule has 1 aromatic rings. The number of rotatable bonds is 6. The third-order valence-electron chi connectivity index (χ3n) is 3.22. The minimum absolute atomic E-state index is 0.140. The molecule has 2 amide bonds. The summed E-state index contributed by atoms with van der Waals surface area (Å²) in [5.74, 6) is 0.184. The van der Waals surface area contributed by atoms with Crippen molar-refractivity contribution in [1.82, 2.24) is 5.32 Å². The molecule has 1 aromatic carbocycles. The number of benzene rings is 1. The van der Waals surface area contributed by atoms with Crippen LogP contribution in [-0.4, -0.2) is 18.4 Å². The minimum atomic E-state index is -0.271. The predicted octanol–water partition coefficient (Wildman–Crippen LogP) is 3.22. The van der Waals surface area contributed by atoms with Gasteiger partial charge < -0.3 is 10.6 Å². The van der Waals surface area contributed by atoms with Gasteiger partial charge in [0.1, 0.15) is 6.42 Å². The van der Waals surface area contributed by atoms with Crippen LogP contribution in [-0.2, 0) is 9.59 Å². The monoisotopic (exact) mass is 290 g/mol. The molecule has 2 N–H and O–H groups in total. The third-order valence-corrected chi connectivity index (χ3v) is 3.22. The van der Waals surface area contributed by atoms with E-state index in [2.05, 4.69) is 24.5 Å². The van der Waals surface area contributed by atoms with Crippen molar-refractivity contribution in [2.75, 3.05) is 11.9 Å². The van der Waals surface area contributed by atoms with E-state index in [1.807, 2.05) is 39.0 Å². The second kappa shape index (κ2) is 7.81. The fourth-order valence-electron chi connectivity index (χ4n) is 2.05. The summed E-state index contributed by atoms with van der Waals surface area (Å²) >= 11 is 0. The van der Waals surface area contributed by atoms with Crippen LogP contribution < -0.4 is 10.6 Å². The first-order valence-corrected chi connectivity index (χ1v) is 7.47. The lowest BCUT2D eigenvalue weighted by Gasteiger charge is -2.16. The molecular weight excluding hydrogens is 264 g/mol. The average Bonchev–Trinajstić information content (AvgIpc) is 2.38. The largest absolute Gasteiger partial charge is 0.355 e. The van der Waals surface area contributed by atoms with Crippen LogP contribution >= 0.6 is 0 Å². The lowest BCUT2D eigenvalue weighted by atomic mass is 9.98. The molecule has 0 heterocycles. The second-order valence-corrected chi connectivity index (χ2v) is 6.12. The van der Waals surface area contributed by atoms with Gasteiger partial charge in [-0.05, 0) is 29.9 Å². The molecule has 0 aliphatic heterocycles. The summed E-state index contributed by atoms with van der Waals surface area (Å²) in [6.45, 7) is 10.7. The number of carbonyl (C=O) groups excluding carboxylic acids is 2. The number of hydrogen-bond acceptors (Lipinski definition) is 2. The Morgan fingerprint density at radius 2 is 1.76 bits per heavy atom. The van der Waals surface area contributed by atoms with Crippen molar-refractivity contribution in [2.24, 2.45) is 5.92 Å². The molecule has 0 aliphatic carbocycles. The van der Waals surface area contributed by atoms with Gasteiger partial charge in [-0.3, -0.25) is 9.59 Å². The van der Waals surface area contributed by atoms with E-state index in [4.69, 9.17) is 0 Å². The molecule has 4 nitrogen and oxygen atoms in total. The molecule has 0 bridgehead atoms. The molecule has 21 heavy (non-hydrogen) atoms. The van der Waals surface area contributed by atoms with Crippen molar-refractivity contribution >= 4 is 17.5 Å². The van der Waals surface area contributed by atoms with Gasteiger partial charge in [-0.15, -0.1) is 0 Å². The van der Waals surface area contributed by atoms with Gasteiger partial charge >= 0.3 is 0 Å². The second-order valence-electron chi connectivity index (χ2n) is 6.12. The number of nitrogens with one attached hydrogen (secondary N) is 2. The molecule has 0 saturated carbocycles. The van der Waals surface area contributed by atoms with Gasteiger partial charge in [0.2, 0.25) is 11.8 Å². The van der Waals surface area contributed by atoms with E-state index >= 15 is 0 Å². The maximum absolute atomic E-state index is 12.0. The lowest BCUT2D eigenvalue weighted by molar-refractivity contribution is -0.126. The summed E-state index contributed by atoms with van der Waals surface area (Å²) in [4.78, 5) is 23.7. The molecule has 0 atom stereocenters. The quantitative estimate of drug-likeness (QED) is 0.790. The van der Waals surface area contributed by atoms with Gasteiger partial charge in [-0.1, -0.05) is 45.9 Å². The summed E-state index contributed by atoms with van der Waals surface area (Å²) in [5, 5.41) is 5.63. The number of hydrogen-bond donors (Lipinski definition) is 2. The molecule has 0 saturated heterocycles. The van der Waals surface area contributed by atoms with Crippen molar-refractivity contribution in [1.29, 1.82) is 0 Å².